The number of hydrogen-bond donors (Lipinski definition) is 1. The average Bonchev–Trinajstić information content (AvgIpc) is 2.75. The molecule has 0 radical (unpaired) electrons. The van der Waals surface area contributed by atoms with Gasteiger partial charge >= 0.3 is 0 Å². The topological polar surface area (TPSA) is 29.9 Å². The van der Waals surface area contributed by atoms with Gasteiger partial charge in [-0.1, -0.05) is 13.8 Å². The maximum absolute atomic E-state index is 4.37. The Balaban J connectivity index is 1.71. The zero-order valence-electron chi connectivity index (χ0n) is 11.8. The minimum Gasteiger partial charge on any atom is -0.333 e. The lowest BCUT2D eigenvalue weighted by molar-refractivity contribution is 0.326. The smallest absolute Gasteiger partial charge is 0.0948 e. The quantitative estimate of drug-likeness (QED) is 0.889. The van der Waals surface area contributed by atoms with Crippen LogP contribution in [0.5, 0.6) is 0 Å². The fourth-order valence-corrected chi connectivity index (χ4v) is 3.27. The van der Waals surface area contributed by atoms with E-state index < -0.39 is 0 Å². The predicted octanol–water partition coefficient (Wildman–Crippen LogP) is 3.13. The van der Waals surface area contributed by atoms with Gasteiger partial charge < -0.3 is 9.88 Å². The van der Waals surface area contributed by atoms with Crippen molar-refractivity contribution in [3.8, 4) is 0 Å². The monoisotopic (exact) mass is 247 g/mol. The van der Waals surface area contributed by atoms with Gasteiger partial charge in [0.2, 0.25) is 0 Å². The van der Waals surface area contributed by atoms with Gasteiger partial charge in [0.25, 0.3) is 0 Å². The Morgan fingerprint density at radius 2 is 2.22 bits per heavy atom. The van der Waals surface area contributed by atoms with Gasteiger partial charge in [-0.25, -0.2) is 4.98 Å². The number of piperidine rings is 1. The second kappa shape index (κ2) is 4.37. The van der Waals surface area contributed by atoms with E-state index in [1.54, 1.807) is 0 Å². The summed E-state index contributed by atoms with van der Waals surface area (Å²) in [6, 6.07) is 1.16. The first-order valence-corrected chi connectivity index (χ1v) is 7.32. The minimum absolute atomic E-state index is 0.512. The maximum Gasteiger partial charge on any atom is 0.0948 e. The molecule has 1 aromatic rings. The van der Waals surface area contributed by atoms with Gasteiger partial charge in [0.05, 0.1) is 12.0 Å². The van der Waals surface area contributed by atoms with E-state index in [1.807, 2.05) is 6.33 Å². The molecule has 3 atom stereocenters. The largest absolute Gasteiger partial charge is 0.333 e. The molecule has 1 aliphatic carbocycles. The molecule has 3 unspecified atom stereocenters. The highest BCUT2D eigenvalue weighted by Gasteiger charge is 2.45. The van der Waals surface area contributed by atoms with Crippen LogP contribution >= 0.6 is 0 Å². The van der Waals surface area contributed by atoms with Gasteiger partial charge in [0, 0.05) is 24.8 Å². The maximum atomic E-state index is 4.37. The number of hydrogen-bond acceptors (Lipinski definition) is 2. The lowest BCUT2D eigenvalue weighted by Gasteiger charge is -2.29. The van der Waals surface area contributed by atoms with Gasteiger partial charge in [-0.2, -0.15) is 0 Å². The molecule has 0 spiro atoms. The van der Waals surface area contributed by atoms with Crippen molar-refractivity contribution in [2.45, 2.75) is 65.1 Å². The molecule has 100 valence electrons. The van der Waals surface area contributed by atoms with E-state index in [0.717, 1.165) is 12.5 Å². The van der Waals surface area contributed by atoms with E-state index >= 15 is 0 Å². The molecule has 1 saturated heterocycles. The van der Waals surface area contributed by atoms with Crippen molar-refractivity contribution in [2.24, 2.45) is 11.3 Å². The standard InChI is InChI=1S/C15H25N3/c1-11-5-4-6-13(17-11)14-8-16-10-18(14)9-12-7-15(12,2)3/h8,10-13,17H,4-7,9H2,1-3H3. The molecule has 3 heteroatoms. The average molecular weight is 247 g/mol. The number of imidazole rings is 1. The highest BCUT2D eigenvalue weighted by Crippen LogP contribution is 2.52. The van der Waals surface area contributed by atoms with Crippen molar-refractivity contribution in [3.05, 3.63) is 18.2 Å². The van der Waals surface area contributed by atoms with E-state index in [2.05, 4.69) is 41.8 Å². The summed E-state index contributed by atoms with van der Waals surface area (Å²) in [6.45, 7) is 8.18. The van der Waals surface area contributed by atoms with Crippen molar-refractivity contribution >= 4 is 0 Å². The summed E-state index contributed by atoms with van der Waals surface area (Å²) in [5.74, 6) is 0.839. The number of nitrogens with one attached hydrogen (secondary N) is 1. The third-order valence-electron chi connectivity index (χ3n) is 4.85. The van der Waals surface area contributed by atoms with Crippen LogP contribution in [0.1, 0.15) is 58.2 Å². The Bertz CT molecular complexity index is 421. The number of rotatable bonds is 3. The zero-order valence-corrected chi connectivity index (χ0v) is 11.8. The second-order valence-corrected chi connectivity index (χ2v) is 6.91. The van der Waals surface area contributed by atoms with Crippen molar-refractivity contribution in [1.82, 2.24) is 14.9 Å². The Kier molecular flexibility index (Phi) is 2.97. The van der Waals surface area contributed by atoms with Gasteiger partial charge in [-0.15, -0.1) is 0 Å². The minimum atomic E-state index is 0.512. The van der Waals surface area contributed by atoms with E-state index in [9.17, 15) is 0 Å². The lowest BCUT2D eigenvalue weighted by Crippen LogP contribution is -2.35. The molecule has 3 rings (SSSR count). The van der Waals surface area contributed by atoms with Crippen LogP contribution in [0.2, 0.25) is 0 Å². The fraction of sp³-hybridized carbons (Fsp3) is 0.800. The molecular formula is C15H25N3. The van der Waals surface area contributed by atoms with Crippen molar-refractivity contribution in [3.63, 3.8) is 0 Å². The van der Waals surface area contributed by atoms with Gasteiger partial charge in [0.1, 0.15) is 0 Å². The van der Waals surface area contributed by atoms with E-state index in [4.69, 9.17) is 0 Å². The summed E-state index contributed by atoms with van der Waals surface area (Å²) >= 11 is 0. The third-order valence-corrected chi connectivity index (χ3v) is 4.85. The van der Waals surface area contributed by atoms with Gasteiger partial charge in [-0.05, 0) is 43.9 Å². The molecule has 0 bridgehead atoms. The van der Waals surface area contributed by atoms with Crippen LogP contribution in [-0.2, 0) is 6.54 Å². The Morgan fingerprint density at radius 1 is 1.44 bits per heavy atom. The zero-order chi connectivity index (χ0) is 12.8. The fourth-order valence-electron chi connectivity index (χ4n) is 3.27. The number of aromatic nitrogens is 2. The summed E-state index contributed by atoms with van der Waals surface area (Å²) in [4.78, 5) is 4.37. The summed E-state index contributed by atoms with van der Waals surface area (Å²) in [5, 5.41) is 3.71. The van der Waals surface area contributed by atoms with Crippen LogP contribution in [0.15, 0.2) is 12.5 Å². The molecule has 1 saturated carbocycles. The Labute approximate surface area is 110 Å². The summed E-state index contributed by atoms with van der Waals surface area (Å²) < 4.78 is 2.38. The molecule has 18 heavy (non-hydrogen) atoms. The second-order valence-electron chi connectivity index (χ2n) is 6.91. The predicted molar refractivity (Wildman–Crippen MR) is 73.3 cm³/mol. The van der Waals surface area contributed by atoms with Crippen LogP contribution in [-0.4, -0.2) is 15.6 Å². The first kappa shape index (κ1) is 12.2. The van der Waals surface area contributed by atoms with Crippen molar-refractivity contribution < 1.29 is 0 Å². The molecule has 2 aliphatic rings. The first-order valence-electron chi connectivity index (χ1n) is 7.32. The van der Waals surface area contributed by atoms with E-state index in [1.165, 1.54) is 31.4 Å². The van der Waals surface area contributed by atoms with E-state index in [-0.39, 0.29) is 0 Å². The molecule has 0 amide bonds. The molecule has 3 nitrogen and oxygen atoms in total. The van der Waals surface area contributed by atoms with Crippen LogP contribution in [0.25, 0.3) is 0 Å². The van der Waals surface area contributed by atoms with Gasteiger partial charge in [0.15, 0.2) is 0 Å². The summed E-state index contributed by atoms with van der Waals surface area (Å²) in [6.07, 6.45) is 9.33. The molecule has 2 heterocycles. The Morgan fingerprint density at radius 3 is 2.89 bits per heavy atom. The molecule has 1 aliphatic heterocycles. The number of nitrogens with zero attached hydrogens (tertiary/aromatic N) is 2. The SMILES string of the molecule is CC1CCCC(c2cncn2CC2CC2(C)C)N1. The van der Waals surface area contributed by atoms with E-state index in [0.29, 0.717) is 17.5 Å². The van der Waals surface area contributed by atoms with Crippen LogP contribution < -0.4 is 5.32 Å². The molecule has 1 aromatic heterocycles. The third kappa shape index (κ3) is 2.33. The summed E-state index contributed by atoms with van der Waals surface area (Å²) in [7, 11) is 0. The van der Waals surface area contributed by atoms with Crippen LogP contribution in [0.4, 0.5) is 0 Å². The normalized spacial score (nSPS) is 34.5. The van der Waals surface area contributed by atoms with Gasteiger partial charge in [-0.3, -0.25) is 0 Å². The Hall–Kier alpha value is -0.830. The van der Waals surface area contributed by atoms with Crippen LogP contribution in [0, 0.1) is 11.3 Å². The lowest BCUT2D eigenvalue weighted by atomic mass is 9.97. The summed E-state index contributed by atoms with van der Waals surface area (Å²) in [5.41, 5.74) is 1.94. The molecular weight excluding hydrogens is 222 g/mol. The molecule has 0 aromatic carbocycles. The first-order chi connectivity index (χ1) is 8.56. The highest BCUT2D eigenvalue weighted by molar-refractivity contribution is 5.08. The van der Waals surface area contributed by atoms with Crippen molar-refractivity contribution in [2.75, 3.05) is 0 Å². The van der Waals surface area contributed by atoms with Crippen LogP contribution in [0.3, 0.4) is 0 Å². The molecule has 2 fully saturated rings. The molecule has 1 N–H and O–H groups in total. The highest BCUT2D eigenvalue weighted by atomic mass is 15.1. The van der Waals surface area contributed by atoms with Crippen molar-refractivity contribution in [1.29, 1.82) is 0 Å².